The lowest BCUT2D eigenvalue weighted by atomic mass is 10.0. The molecule has 0 bridgehead atoms. The second kappa shape index (κ2) is 18.1. The van der Waals surface area contributed by atoms with Crippen LogP contribution in [-0.4, -0.2) is 40.6 Å². The Balaban J connectivity index is 0.000000216. The fraction of sp³-hybridized carbons (Fsp3) is 0.333. The number of rotatable bonds is 9. The van der Waals surface area contributed by atoms with Crippen LogP contribution in [0.15, 0.2) is 84.9 Å². The zero-order chi connectivity index (χ0) is 32.0. The smallest absolute Gasteiger partial charge is 0.365 e. The maximum Gasteiger partial charge on any atom is 0.365 e. The van der Waals surface area contributed by atoms with E-state index in [9.17, 15) is 4.57 Å². The molecule has 44 heavy (non-hydrogen) atoms. The monoisotopic (exact) mass is 636 g/mol. The molecule has 0 aliphatic carbocycles. The summed E-state index contributed by atoms with van der Waals surface area (Å²) in [6.45, 7) is 10.3. The normalized spacial score (nSPS) is 12.4. The van der Waals surface area contributed by atoms with Crippen molar-refractivity contribution >= 4 is 27.4 Å². The first kappa shape index (κ1) is 35.5. The lowest BCUT2D eigenvalue weighted by Gasteiger charge is -2.23. The number of benzene rings is 4. The first-order valence-electron chi connectivity index (χ1n) is 15.0. The van der Waals surface area contributed by atoms with E-state index in [0.717, 1.165) is 41.0 Å². The van der Waals surface area contributed by atoms with Crippen molar-refractivity contribution in [3.8, 4) is 33.8 Å². The molecule has 6 nitrogen and oxygen atoms in total. The standard InChI is InChI=1S/C18H23O4P.C14H15OP.C4H8O/c1-5-21-23(19,22-6-2)18-16(20-4)13-12-14(3)17(18)15-10-8-7-9-11-15;1-10-8-9-12(15-2)14(16)13(10)11-6-4-3-5-7-11;1-2-4-5-3-1/h7-13H,5-6H2,1-4H3;3-9H,16H2,1-2H3;1-4H2. The Kier molecular flexibility index (Phi) is 14.6. The maximum absolute atomic E-state index is 13.4. The molecule has 1 fully saturated rings. The Morgan fingerprint density at radius 2 is 1.14 bits per heavy atom. The van der Waals surface area contributed by atoms with Gasteiger partial charge in [0, 0.05) is 24.1 Å². The maximum atomic E-state index is 13.4. The summed E-state index contributed by atoms with van der Waals surface area (Å²) in [5.74, 6) is 1.43. The molecule has 0 amide bonds. The molecule has 1 aliphatic rings. The van der Waals surface area contributed by atoms with E-state index < -0.39 is 7.60 Å². The van der Waals surface area contributed by atoms with Crippen LogP contribution in [0.1, 0.15) is 37.8 Å². The Morgan fingerprint density at radius 3 is 1.57 bits per heavy atom. The molecule has 1 saturated heterocycles. The summed E-state index contributed by atoms with van der Waals surface area (Å²) < 4.78 is 40.3. The van der Waals surface area contributed by atoms with Gasteiger partial charge in [-0.2, -0.15) is 0 Å². The first-order chi connectivity index (χ1) is 21.3. The number of hydrogen-bond acceptors (Lipinski definition) is 6. The van der Waals surface area contributed by atoms with E-state index in [4.69, 9.17) is 23.3 Å². The molecule has 4 aromatic rings. The third-order valence-corrected chi connectivity index (χ3v) is 9.79. The largest absolute Gasteiger partial charge is 0.496 e. The summed E-state index contributed by atoms with van der Waals surface area (Å²) in [6, 6.07) is 28.0. The summed E-state index contributed by atoms with van der Waals surface area (Å²) in [5.41, 5.74) is 6.52. The molecule has 0 spiro atoms. The average Bonchev–Trinajstić information content (AvgIpc) is 3.63. The second-order valence-corrected chi connectivity index (χ2v) is 12.6. The van der Waals surface area contributed by atoms with Gasteiger partial charge in [-0.05, 0) is 80.5 Å². The molecule has 236 valence electrons. The lowest BCUT2D eigenvalue weighted by Crippen LogP contribution is -2.17. The lowest BCUT2D eigenvalue weighted by molar-refractivity contribution is 0.198. The van der Waals surface area contributed by atoms with Crippen LogP contribution in [0.5, 0.6) is 11.5 Å². The van der Waals surface area contributed by atoms with Crippen molar-refractivity contribution in [3.05, 3.63) is 96.1 Å². The first-order valence-corrected chi connectivity index (χ1v) is 17.1. The molecular formula is C36H46O6P2. The van der Waals surface area contributed by atoms with Crippen molar-refractivity contribution in [2.75, 3.05) is 40.6 Å². The number of methoxy groups -OCH3 is 2. The minimum Gasteiger partial charge on any atom is -0.496 e. The van der Waals surface area contributed by atoms with Crippen molar-refractivity contribution in [3.63, 3.8) is 0 Å². The molecule has 0 N–H and O–H groups in total. The van der Waals surface area contributed by atoms with Crippen LogP contribution < -0.4 is 20.1 Å². The zero-order valence-electron chi connectivity index (χ0n) is 26.8. The molecular weight excluding hydrogens is 590 g/mol. The van der Waals surface area contributed by atoms with Crippen LogP contribution >= 0.6 is 16.8 Å². The highest BCUT2D eigenvalue weighted by molar-refractivity contribution is 7.62. The molecule has 0 radical (unpaired) electrons. The summed E-state index contributed by atoms with van der Waals surface area (Å²) in [7, 11) is 2.55. The fourth-order valence-corrected chi connectivity index (χ4v) is 7.61. The third kappa shape index (κ3) is 9.27. The summed E-state index contributed by atoms with van der Waals surface area (Å²) in [4.78, 5) is 0. The van der Waals surface area contributed by atoms with E-state index in [0.29, 0.717) is 24.3 Å². The predicted molar refractivity (Wildman–Crippen MR) is 186 cm³/mol. The van der Waals surface area contributed by atoms with Gasteiger partial charge in [0.25, 0.3) is 0 Å². The Bertz CT molecular complexity index is 1470. The Morgan fingerprint density at radius 1 is 0.682 bits per heavy atom. The van der Waals surface area contributed by atoms with E-state index in [-0.39, 0.29) is 0 Å². The van der Waals surface area contributed by atoms with Crippen molar-refractivity contribution in [1.82, 2.24) is 0 Å². The molecule has 0 saturated carbocycles. The molecule has 1 heterocycles. The van der Waals surface area contributed by atoms with E-state index in [1.807, 2.05) is 61.5 Å². The van der Waals surface area contributed by atoms with Crippen LogP contribution in [0.4, 0.5) is 0 Å². The van der Waals surface area contributed by atoms with E-state index in [2.05, 4.69) is 46.5 Å². The number of hydrogen-bond donors (Lipinski definition) is 0. The van der Waals surface area contributed by atoms with Crippen LogP contribution in [-0.2, 0) is 18.3 Å². The molecule has 8 heteroatoms. The fourth-order valence-electron chi connectivity index (χ4n) is 4.97. The van der Waals surface area contributed by atoms with Crippen molar-refractivity contribution in [2.45, 2.75) is 40.5 Å². The predicted octanol–water partition coefficient (Wildman–Crippen LogP) is 8.53. The Hall–Kier alpha value is -2.98. The quantitative estimate of drug-likeness (QED) is 0.172. The second-order valence-electron chi connectivity index (χ2n) is 10.1. The SMILES string of the molecule is C1CCOC1.CCOP(=O)(OCC)c1c(OC)ccc(C)c1-c1ccccc1.COc1ccc(C)c(-c2ccccc2)c1P. The summed E-state index contributed by atoms with van der Waals surface area (Å²) >= 11 is 0. The zero-order valence-corrected chi connectivity index (χ0v) is 28.8. The number of aryl methyl sites for hydroxylation is 2. The van der Waals surface area contributed by atoms with Gasteiger partial charge in [-0.25, -0.2) is 0 Å². The van der Waals surface area contributed by atoms with Crippen LogP contribution in [0.25, 0.3) is 22.3 Å². The van der Waals surface area contributed by atoms with E-state index in [1.54, 1.807) is 28.1 Å². The van der Waals surface area contributed by atoms with Crippen LogP contribution in [0.3, 0.4) is 0 Å². The number of ether oxygens (including phenoxy) is 3. The van der Waals surface area contributed by atoms with Crippen LogP contribution in [0, 0.1) is 13.8 Å². The van der Waals surface area contributed by atoms with Crippen LogP contribution in [0.2, 0.25) is 0 Å². The Labute approximate surface area is 265 Å². The average molecular weight is 637 g/mol. The van der Waals surface area contributed by atoms with Crippen molar-refractivity contribution < 1.29 is 27.8 Å². The van der Waals surface area contributed by atoms with Gasteiger partial charge in [-0.3, -0.25) is 4.57 Å². The molecule has 1 aliphatic heterocycles. The summed E-state index contributed by atoms with van der Waals surface area (Å²) in [6.07, 6.45) is 2.56. The summed E-state index contributed by atoms with van der Waals surface area (Å²) in [5, 5.41) is 1.61. The molecule has 1 atom stereocenters. The van der Waals surface area contributed by atoms with Crippen molar-refractivity contribution in [1.29, 1.82) is 0 Å². The van der Waals surface area contributed by atoms with Gasteiger partial charge < -0.3 is 23.3 Å². The highest BCUT2D eigenvalue weighted by Gasteiger charge is 2.34. The van der Waals surface area contributed by atoms with Gasteiger partial charge in [-0.1, -0.05) is 72.8 Å². The highest BCUT2D eigenvalue weighted by Crippen LogP contribution is 2.52. The van der Waals surface area contributed by atoms with Gasteiger partial charge in [0.05, 0.1) is 27.4 Å². The van der Waals surface area contributed by atoms with Gasteiger partial charge in [0.1, 0.15) is 16.8 Å². The van der Waals surface area contributed by atoms with E-state index >= 15 is 0 Å². The highest BCUT2D eigenvalue weighted by atomic mass is 31.2. The third-order valence-electron chi connectivity index (χ3n) is 7.03. The minimum atomic E-state index is -3.48. The molecule has 4 aromatic carbocycles. The topological polar surface area (TPSA) is 63.2 Å². The van der Waals surface area contributed by atoms with E-state index in [1.165, 1.54) is 29.5 Å². The van der Waals surface area contributed by atoms with Crippen molar-refractivity contribution in [2.24, 2.45) is 0 Å². The molecule has 1 unspecified atom stereocenters. The van der Waals surface area contributed by atoms with Gasteiger partial charge >= 0.3 is 7.60 Å². The van der Waals surface area contributed by atoms with Gasteiger partial charge in [0.2, 0.25) is 0 Å². The molecule has 0 aromatic heterocycles. The van der Waals surface area contributed by atoms with Gasteiger partial charge in [-0.15, -0.1) is 9.24 Å². The minimum absolute atomic E-state index is 0.294. The molecule has 5 rings (SSSR count). The van der Waals surface area contributed by atoms with Gasteiger partial charge in [0.15, 0.2) is 0 Å².